The van der Waals surface area contributed by atoms with E-state index < -0.39 is 0 Å². The van der Waals surface area contributed by atoms with E-state index in [9.17, 15) is 4.79 Å². The summed E-state index contributed by atoms with van der Waals surface area (Å²) in [6, 6.07) is 11.6. The number of carbonyl (C=O) groups excluding carboxylic acids is 1. The Labute approximate surface area is 147 Å². The molecule has 3 aromatic rings. The summed E-state index contributed by atoms with van der Waals surface area (Å²) in [5, 5.41) is 2.85. The van der Waals surface area contributed by atoms with E-state index in [1.807, 2.05) is 50.2 Å². The average Bonchev–Trinajstić information content (AvgIpc) is 2.62. The van der Waals surface area contributed by atoms with Crippen LogP contribution in [0.5, 0.6) is 5.88 Å². The summed E-state index contributed by atoms with van der Waals surface area (Å²) in [6.07, 6.45) is 0.955. The molecule has 0 fully saturated rings. The maximum absolute atomic E-state index is 12.7. The number of rotatable bonds is 4. The first kappa shape index (κ1) is 16.9. The van der Waals surface area contributed by atoms with Crippen molar-refractivity contribution in [1.29, 1.82) is 0 Å². The summed E-state index contributed by atoms with van der Waals surface area (Å²) >= 11 is 0. The monoisotopic (exact) mass is 335 g/mol. The molecule has 2 aromatic carbocycles. The van der Waals surface area contributed by atoms with E-state index in [0.717, 1.165) is 17.5 Å². The zero-order valence-electron chi connectivity index (χ0n) is 14.9. The summed E-state index contributed by atoms with van der Waals surface area (Å²) in [7, 11) is 1.49. The van der Waals surface area contributed by atoms with Crippen molar-refractivity contribution in [3.63, 3.8) is 0 Å². The van der Waals surface area contributed by atoms with Crippen LogP contribution in [0, 0.1) is 13.8 Å². The molecule has 1 aromatic heterocycles. The normalized spacial score (nSPS) is 10.7. The van der Waals surface area contributed by atoms with Crippen molar-refractivity contribution >= 4 is 22.6 Å². The minimum atomic E-state index is -0.339. The zero-order valence-corrected chi connectivity index (χ0v) is 14.9. The topological polar surface area (TPSA) is 64.1 Å². The van der Waals surface area contributed by atoms with Crippen LogP contribution in [-0.4, -0.2) is 23.0 Å². The number of hydrogen-bond donors (Lipinski definition) is 1. The highest BCUT2D eigenvalue weighted by molar-refractivity contribution is 6.05. The Morgan fingerprint density at radius 2 is 1.64 bits per heavy atom. The molecule has 5 heteroatoms. The molecule has 25 heavy (non-hydrogen) atoms. The van der Waals surface area contributed by atoms with Crippen molar-refractivity contribution in [2.45, 2.75) is 27.2 Å². The Balaban J connectivity index is 1.97. The predicted octanol–water partition coefficient (Wildman–Crippen LogP) is 4.07. The number of amides is 1. The lowest BCUT2D eigenvalue weighted by molar-refractivity contribution is 0.101. The van der Waals surface area contributed by atoms with E-state index in [1.165, 1.54) is 12.7 Å². The molecule has 0 unspecified atom stereocenters. The molecule has 0 saturated carbocycles. The minimum Gasteiger partial charge on any atom is -0.479 e. The van der Waals surface area contributed by atoms with Gasteiger partial charge in [0.15, 0.2) is 5.69 Å². The highest BCUT2D eigenvalue weighted by Crippen LogP contribution is 2.23. The van der Waals surface area contributed by atoms with Gasteiger partial charge in [0.2, 0.25) is 5.88 Å². The van der Waals surface area contributed by atoms with E-state index in [1.54, 1.807) is 0 Å². The third-order valence-electron chi connectivity index (χ3n) is 4.28. The fraction of sp³-hybridized carbons (Fsp3) is 0.250. The van der Waals surface area contributed by atoms with Crippen LogP contribution in [0.3, 0.4) is 0 Å². The van der Waals surface area contributed by atoms with Crippen LogP contribution in [0.1, 0.15) is 34.1 Å². The molecule has 0 saturated heterocycles. The molecule has 0 aliphatic rings. The maximum atomic E-state index is 12.7. The number of nitrogens with zero attached hydrogens (tertiary/aromatic N) is 2. The van der Waals surface area contributed by atoms with Gasteiger partial charge in [0.05, 0.1) is 18.1 Å². The summed E-state index contributed by atoms with van der Waals surface area (Å²) < 4.78 is 5.28. The largest absolute Gasteiger partial charge is 0.479 e. The van der Waals surface area contributed by atoms with Gasteiger partial charge in [0, 0.05) is 5.69 Å². The summed E-state index contributed by atoms with van der Waals surface area (Å²) in [6.45, 7) is 6.12. The zero-order chi connectivity index (χ0) is 18.0. The van der Waals surface area contributed by atoms with Crippen LogP contribution in [0.2, 0.25) is 0 Å². The van der Waals surface area contributed by atoms with Crippen molar-refractivity contribution in [1.82, 2.24) is 9.97 Å². The third-order valence-corrected chi connectivity index (χ3v) is 4.28. The molecule has 0 spiro atoms. The number of methoxy groups -OCH3 is 1. The molecular weight excluding hydrogens is 314 g/mol. The van der Waals surface area contributed by atoms with Crippen molar-refractivity contribution in [2.24, 2.45) is 0 Å². The number of fused-ring (bicyclic) bond motifs is 1. The third kappa shape index (κ3) is 3.45. The van der Waals surface area contributed by atoms with Crippen LogP contribution < -0.4 is 10.1 Å². The molecular formula is C20H21N3O2. The highest BCUT2D eigenvalue weighted by atomic mass is 16.5. The Morgan fingerprint density at radius 3 is 2.20 bits per heavy atom. The van der Waals surface area contributed by atoms with Gasteiger partial charge in [-0.1, -0.05) is 19.1 Å². The Morgan fingerprint density at radius 1 is 1.04 bits per heavy atom. The van der Waals surface area contributed by atoms with Crippen LogP contribution >= 0.6 is 0 Å². The molecule has 1 N–H and O–H groups in total. The lowest BCUT2D eigenvalue weighted by atomic mass is 10.1. The van der Waals surface area contributed by atoms with Gasteiger partial charge in [-0.3, -0.25) is 4.79 Å². The van der Waals surface area contributed by atoms with Crippen LogP contribution in [0.25, 0.3) is 11.0 Å². The van der Waals surface area contributed by atoms with Gasteiger partial charge in [0.25, 0.3) is 5.91 Å². The average molecular weight is 335 g/mol. The first-order chi connectivity index (χ1) is 12.0. The molecule has 1 heterocycles. The van der Waals surface area contributed by atoms with Crippen LogP contribution in [-0.2, 0) is 6.42 Å². The first-order valence-electron chi connectivity index (χ1n) is 8.25. The van der Waals surface area contributed by atoms with Crippen LogP contribution in [0.15, 0.2) is 36.4 Å². The molecule has 3 rings (SSSR count). The first-order valence-corrected chi connectivity index (χ1v) is 8.25. The van der Waals surface area contributed by atoms with Gasteiger partial charge in [-0.2, -0.15) is 0 Å². The molecule has 128 valence electrons. The van der Waals surface area contributed by atoms with Crippen molar-refractivity contribution in [3.05, 3.63) is 58.8 Å². The fourth-order valence-corrected chi connectivity index (χ4v) is 2.60. The highest BCUT2D eigenvalue weighted by Gasteiger charge is 2.18. The number of aromatic nitrogens is 2. The van der Waals surface area contributed by atoms with E-state index in [-0.39, 0.29) is 17.5 Å². The molecule has 0 radical (unpaired) electrons. The molecule has 0 bridgehead atoms. The van der Waals surface area contributed by atoms with E-state index in [0.29, 0.717) is 16.7 Å². The molecule has 0 aliphatic carbocycles. The van der Waals surface area contributed by atoms with Crippen molar-refractivity contribution in [3.8, 4) is 5.88 Å². The minimum absolute atomic E-state index is 0.179. The SMILES string of the molecule is CCc1ccc(NC(=O)c2nc3cc(C)c(C)cc3nc2OC)cc1. The summed E-state index contributed by atoms with van der Waals surface area (Å²) in [5.41, 5.74) is 5.72. The van der Waals surface area contributed by atoms with Crippen LogP contribution in [0.4, 0.5) is 5.69 Å². The Hall–Kier alpha value is -2.95. The number of nitrogens with one attached hydrogen (secondary N) is 1. The van der Waals surface area contributed by atoms with Gasteiger partial charge in [0.1, 0.15) is 0 Å². The lowest BCUT2D eigenvalue weighted by Crippen LogP contribution is -2.16. The van der Waals surface area contributed by atoms with E-state index in [4.69, 9.17) is 4.74 Å². The number of ether oxygens (including phenoxy) is 1. The second-order valence-corrected chi connectivity index (χ2v) is 6.01. The molecule has 5 nitrogen and oxygen atoms in total. The smallest absolute Gasteiger partial charge is 0.279 e. The van der Waals surface area contributed by atoms with Gasteiger partial charge in [-0.05, 0) is 61.2 Å². The summed E-state index contributed by atoms with van der Waals surface area (Å²) in [5.74, 6) is -0.118. The fourth-order valence-electron chi connectivity index (χ4n) is 2.60. The van der Waals surface area contributed by atoms with Gasteiger partial charge < -0.3 is 10.1 Å². The number of carbonyl (C=O) groups is 1. The number of aryl methyl sites for hydroxylation is 3. The second-order valence-electron chi connectivity index (χ2n) is 6.01. The molecule has 0 atom stereocenters. The lowest BCUT2D eigenvalue weighted by Gasteiger charge is -2.10. The standard InChI is InChI=1S/C20H21N3O2/c1-5-14-6-8-15(9-7-14)21-19(24)18-20(25-4)23-17-11-13(3)12(2)10-16(17)22-18/h6-11H,5H2,1-4H3,(H,21,24). The van der Waals surface area contributed by atoms with Gasteiger partial charge in [-0.25, -0.2) is 9.97 Å². The summed E-state index contributed by atoms with van der Waals surface area (Å²) in [4.78, 5) is 21.6. The Bertz CT molecular complexity index is 934. The van der Waals surface area contributed by atoms with E-state index >= 15 is 0 Å². The Kier molecular flexibility index (Phi) is 4.65. The van der Waals surface area contributed by atoms with Crippen molar-refractivity contribution in [2.75, 3.05) is 12.4 Å². The van der Waals surface area contributed by atoms with E-state index in [2.05, 4.69) is 22.2 Å². The van der Waals surface area contributed by atoms with Gasteiger partial charge >= 0.3 is 0 Å². The number of benzene rings is 2. The molecule has 0 aliphatic heterocycles. The van der Waals surface area contributed by atoms with Gasteiger partial charge in [-0.15, -0.1) is 0 Å². The maximum Gasteiger partial charge on any atom is 0.279 e. The quantitative estimate of drug-likeness (QED) is 0.780. The number of hydrogen-bond acceptors (Lipinski definition) is 4. The molecule has 1 amide bonds. The predicted molar refractivity (Wildman–Crippen MR) is 99.3 cm³/mol. The second kappa shape index (κ2) is 6.89. The van der Waals surface area contributed by atoms with Crippen molar-refractivity contribution < 1.29 is 9.53 Å². The number of anilines is 1.